The van der Waals surface area contributed by atoms with Gasteiger partial charge in [-0.15, -0.1) is 0 Å². The molecule has 0 heterocycles. The van der Waals surface area contributed by atoms with Gasteiger partial charge < -0.3 is 4.90 Å². The van der Waals surface area contributed by atoms with Gasteiger partial charge in [0.2, 0.25) is 5.91 Å². The zero-order valence-corrected chi connectivity index (χ0v) is 7.60. The molecule has 11 heavy (non-hydrogen) atoms. The van der Waals surface area contributed by atoms with E-state index in [1.165, 1.54) is 12.8 Å². The lowest BCUT2D eigenvalue weighted by molar-refractivity contribution is -0.127. The first-order valence-electron chi connectivity index (χ1n) is 4.19. The fraction of sp³-hybridized carbons (Fsp3) is 0.778. The van der Waals surface area contributed by atoms with Crippen molar-refractivity contribution in [2.45, 2.75) is 32.6 Å². The molecular weight excluding hydrogens is 138 g/mol. The van der Waals surface area contributed by atoms with Crippen LogP contribution in [0.1, 0.15) is 32.6 Å². The molecule has 0 saturated heterocycles. The Balaban J connectivity index is 3.17. The lowest BCUT2D eigenvalue weighted by atomic mass is 10.2. The van der Waals surface area contributed by atoms with Gasteiger partial charge >= 0.3 is 0 Å². The smallest absolute Gasteiger partial charge is 0.219 e. The standard InChI is InChI=1S/C9H18NO/c1-4-5-6-7-8-10(3)9(2)11/h1,4-8H2,2-3H3. The molecular formula is C9H18NO. The fourth-order valence-electron chi connectivity index (χ4n) is 0.860. The first-order valence-corrected chi connectivity index (χ1v) is 4.19. The molecule has 0 aliphatic heterocycles. The van der Waals surface area contributed by atoms with Crippen molar-refractivity contribution in [1.29, 1.82) is 0 Å². The molecule has 0 atom stereocenters. The van der Waals surface area contributed by atoms with E-state index in [1.54, 1.807) is 11.8 Å². The number of carbonyl (C=O) groups excluding carboxylic acids is 1. The van der Waals surface area contributed by atoms with E-state index in [9.17, 15) is 4.79 Å². The van der Waals surface area contributed by atoms with Crippen LogP contribution < -0.4 is 0 Å². The van der Waals surface area contributed by atoms with Crippen LogP contribution in [0, 0.1) is 6.92 Å². The van der Waals surface area contributed by atoms with Gasteiger partial charge in [-0.25, -0.2) is 0 Å². The normalized spacial score (nSPS) is 9.73. The number of hydrogen-bond donors (Lipinski definition) is 0. The molecule has 0 aliphatic carbocycles. The van der Waals surface area contributed by atoms with Crippen molar-refractivity contribution in [2.75, 3.05) is 13.6 Å². The summed E-state index contributed by atoms with van der Waals surface area (Å²) in [6.45, 7) is 6.24. The third-order valence-corrected chi connectivity index (χ3v) is 1.78. The molecule has 0 bridgehead atoms. The molecule has 0 unspecified atom stereocenters. The molecule has 0 spiro atoms. The van der Waals surface area contributed by atoms with Gasteiger partial charge in [0.05, 0.1) is 0 Å². The first-order chi connectivity index (χ1) is 5.18. The predicted molar refractivity (Wildman–Crippen MR) is 47.1 cm³/mol. The minimum Gasteiger partial charge on any atom is -0.346 e. The Hall–Kier alpha value is -0.530. The highest BCUT2D eigenvalue weighted by Crippen LogP contribution is 1.99. The van der Waals surface area contributed by atoms with Crippen LogP contribution in [0.5, 0.6) is 0 Å². The topological polar surface area (TPSA) is 20.3 Å². The number of hydrogen-bond acceptors (Lipinski definition) is 1. The summed E-state index contributed by atoms with van der Waals surface area (Å²) in [4.78, 5) is 12.5. The minimum absolute atomic E-state index is 0.152. The van der Waals surface area contributed by atoms with Gasteiger partial charge in [0.25, 0.3) is 0 Å². The molecule has 0 rings (SSSR count). The molecule has 0 aliphatic rings. The first kappa shape index (κ1) is 10.5. The summed E-state index contributed by atoms with van der Waals surface area (Å²) in [6.07, 6.45) is 4.46. The van der Waals surface area contributed by atoms with E-state index in [0.717, 1.165) is 19.4 Å². The Morgan fingerprint density at radius 3 is 2.45 bits per heavy atom. The third kappa shape index (κ3) is 5.89. The third-order valence-electron chi connectivity index (χ3n) is 1.78. The van der Waals surface area contributed by atoms with Crippen molar-refractivity contribution in [1.82, 2.24) is 4.90 Å². The van der Waals surface area contributed by atoms with E-state index < -0.39 is 0 Å². The predicted octanol–water partition coefficient (Wildman–Crippen LogP) is 1.86. The van der Waals surface area contributed by atoms with Crippen LogP contribution in [0.25, 0.3) is 0 Å². The van der Waals surface area contributed by atoms with Crippen molar-refractivity contribution in [3.05, 3.63) is 6.92 Å². The lowest BCUT2D eigenvalue weighted by Crippen LogP contribution is -2.24. The second kappa shape index (κ2) is 6.20. The number of nitrogens with zero attached hydrogens (tertiary/aromatic N) is 1. The number of carbonyl (C=O) groups is 1. The lowest BCUT2D eigenvalue weighted by Gasteiger charge is -2.13. The summed E-state index contributed by atoms with van der Waals surface area (Å²) in [7, 11) is 1.84. The molecule has 0 saturated carbocycles. The van der Waals surface area contributed by atoms with Crippen LogP contribution in [0.15, 0.2) is 0 Å². The van der Waals surface area contributed by atoms with Crippen molar-refractivity contribution >= 4 is 5.91 Å². The molecule has 0 aromatic carbocycles. The zero-order chi connectivity index (χ0) is 8.69. The summed E-state index contributed by atoms with van der Waals surface area (Å²) in [5, 5.41) is 0. The van der Waals surface area contributed by atoms with Gasteiger partial charge in [0, 0.05) is 20.5 Å². The number of amides is 1. The zero-order valence-electron chi connectivity index (χ0n) is 7.60. The number of rotatable bonds is 5. The molecule has 65 valence electrons. The summed E-state index contributed by atoms with van der Waals surface area (Å²) in [5.74, 6) is 0.152. The Morgan fingerprint density at radius 1 is 1.36 bits per heavy atom. The second-order valence-electron chi connectivity index (χ2n) is 2.85. The van der Waals surface area contributed by atoms with E-state index in [1.807, 2.05) is 7.05 Å². The molecule has 0 N–H and O–H groups in total. The summed E-state index contributed by atoms with van der Waals surface area (Å²) in [5.41, 5.74) is 0. The summed E-state index contributed by atoms with van der Waals surface area (Å²) >= 11 is 0. The highest BCUT2D eigenvalue weighted by molar-refractivity contribution is 5.72. The van der Waals surface area contributed by atoms with Crippen LogP contribution in [-0.2, 0) is 4.79 Å². The van der Waals surface area contributed by atoms with Crippen molar-refractivity contribution < 1.29 is 4.79 Å². The molecule has 0 aromatic rings. The van der Waals surface area contributed by atoms with E-state index in [2.05, 4.69) is 6.92 Å². The molecule has 1 amide bonds. The van der Waals surface area contributed by atoms with Gasteiger partial charge in [-0.05, 0) is 6.42 Å². The van der Waals surface area contributed by atoms with Crippen LogP contribution in [0.2, 0.25) is 0 Å². The Morgan fingerprint density at radius 2 is 2.00 bits per heavy atom. The Kier molecular flexibility index (Phi) is 5.90. The highest BCUT2D eigenvalue weighted by Gasteiger charge is 1.99. The van der Waals surface area contributed by atoms with Crippen molar-refractivity contribution in [3.63, 3.8) is 0 Å². The van der Waals surface area contributed by atoms with Gasteiger partial charge in [-0.1, -0.05) is 26.2 Å². The second-order valence-corrected chi connectivity index (χ2v) is 2.85. The van der Waals surface area contributed by atoms with Crippen molar-refractivity contribution in [2.24, 2.45) is 0 Å². The maximum Gasteiger partial charge on any atom is 0.219 e. The van der Waals surface area contributed by atoms with Gasteiger partial charge in [-0.3, -0.25) is 4.79 Å². The SMILES string of the molecule is [CH2]CCCCCN(C)C(C)=O. The molecule has 2 heteroatoms. The average molecular weight is 156 g/mol. The highest BCUT2D eigenvalue weighted by atomic mass is 16.2. The fourth-order valence-corrected chi connectivity index (χ4v) is 0.860. The summed E-state index contributed by atoms with van der Waals surface area (Å²) < 4.78 is 0. The molecule has 1 radical (unpaired) electrons. The number of unbranched alkanes of at least 4 members (excludes halogenated alkanes) is 3. The molecule has 0 fully saturated rings. The van der Waals surface area contributed by atoms with E-state index in [-0.39, 0.29) is 5.91 Å². The minimum atomic E-state index is 0.152. The van der Waals surface area contributed by atoms with Crippen molar-refractivity contribution in [3.8, 4) is 0 Å². The maximum atomic E-state index is 10.7. The monoisotopic (exact) mass is 156 g/mol. The van der Waals surface area contributed by atoms with E-state index in [4.69, 9.17) is 0 Å². The van der Waals surface area contributed by atoms with Gasteiger partial charge in [-0.2, -0.15) is 0 Å². The van der Waals surface area contributed by atoms with Gasteiger partial charge in [0.1, 0.15) is 0 Å². The largest absolute Gasteiger partial charge is 0.346 e. The Labute approximate surface area is 69.6 Å². The van der Waals surface area contributed by atoms with Crippen LogP contribution in [-0.4, -0.2) is 24.4 Å². The van der Waals surface area contributed by atoms with E-state index in [0.29, 0.717) is 0 Å². The molecule has 2 nitrogen and oxygen atoms in total. The van der Waals surface area contributed by atoms with Crippen LogP contribution in [0.4, 0.5) is 0 Å². The Bertz CT molecular complexity index is 112. The van der Waals surface area contributed by atoms with Crippen LogP contribution >= 0.6 is 0 Å². The maximum absolute atomic E-state index is 10.7. The average Bonchev–Trinajstić information content (AvgIpc) is 1.97. The van der Waals surface area contributed by atoms with Crippen LogP contribution in [0.3, 0.4) is 0 Å². The van der Waals surface area contributed by atoms with E-state index >= 15 is 0 Å². The quantitative estimate of drug-likeness (QED) is 0.556. The van der Waals surface area contributed by atoms with Gasteiger partial charge in [0.15, 0.2) is 0 Å². The molecule has 0 aromatic heterocycles. The summed E-state index contributed by atoms with van der Waals surface area (Å²) in [6, 6.07) is 0.